The predicted octanol–water partition coefficient (Wildman–Crippen LogP) is 5.55. The number of benzene rings is 2. The van der Waals surface area contributed by atoms with Crippen LogP contribution in [0.25, 0.3) is 22.0 Å². The van der Waals surface area contributed by atoms with Crippen LogP contribution in [-0.4, -0.2) is 17.4 Å². The lowest BCUT2D eigenvalue weighted by Gasteiger charge is -2.12. The molecule has 4 aromatic rings. The van der Waals surface area contributed by atoms with E-state index in [1.54, 1.807) is 11.3 Å². The van der Waals surface area contributed by atoms with Gasteiger partial charge in [-0.15, -0.1) is 11.3 Å². The quantitative estimate of drug-likeness (QED) is 0.488. The summed E-state index contributed by atoms with van der Waals surface area (Å²) >= 11 is 1.71. The Balaban J connectivity index is 1.68. The maximum absolute atomic E-state index is 12.9. The van der Waals surface area contributed by atoms with Gasteiger partial charge in [0.25, 0.3) is 5.91 Å². The van der Waals surface area contributed by atoms with Gasteiger partial charge in [-0.3, -0.25) is 9.78 Å². The fraction of sp³-hybridized carbons (Fsp3) is 0.167. The Labute approximate surface area is 169 Å². The molecule has 2 heterocycles. The van der Waals surface area contributed by atoms with Crippen LogP contribution in [0.1, 0.15) is 26.5 Å². The summed E-state index contributed by atoms with van der Waals surface area (Å²) in [6, 6.07) is 20.5. The Hall–Kier alpha value is -2.98. The third-order valence-electron chi connectivity index (χ3n) is 4.81. The summed E-state index contributed by atoms with van der Waals surface area (Å²) in [4.78, 5) is 18.9. The fourth-order valence-corrected chi connectivity index (χ4v) is 4.09. The fourth-order valence-electron chi connectivity index (χ4n) is 3.38. The highest BCUT2D eigenvalue weighted by Crippen LogP contribution is 2.30. The van der Waals surface area contributed by atoms with Gasteiger partial charge in [0.05, 0.1) is 11.1 Å². The van der Waals surface area contributed by atoms with E-state index in [9.17, 15) is 4.79 Å². The number of nitrogens with zero attached hydrogens (tertiary/aromatic N) is 1. The minimum atomic E-state index is -0.0480. The molecule has 0 aliphatic heterocycles. The number of aryl methyl sites for hydroxylation is 2. The summed E-state index contributed by atoms with van der Waals surface area (Å²) in [6.45, 7) is 4.64. The molecule has 28 heavy (non-hydrogen) atoms. The first-order valence-corrected chi connectivity index (χ1v) is 10.3. The Kier molecular flexibility index (Phi) is 5.22. The average Bonchev–Trinajstić information content (AvgIpc) is 3.21. The van der Waals surface area contributed by atoms with Crippen molar-refractivity contribution in [1.82, 2.24) is 10.3 Å². The van der Waals surface area contributed by atoms with Crippen LogP contribution in [0.5, 0.6) is 0 Å². The zero-order chi connectivity index (χ0) is 19.5. The molecule has 140 valence electrons. The number of fused-ring (bicyclic) bond motifs is 1. The molecule has 2 aromatic heterocycles. The first-order valence-electron chi connectivity index (χ1n) is 9.40. The molecule has 0 fully saturated rings. The maximum Gasteiger partial charge on any atom is 0.252 e. The number of amides is 1. The van der Waals surface area contributed by atoms with Gasteiger partial charge in [-0.05, 0) is 43.3 Å². The van der Waals surface area contributed by atoms with Crippen LogP contribution in [0.15, 0.2) is 66.0 Å². The summed E-state index contributed by atoms with van der Waals surface area (Å²) in [5.41, 5.74) is 5.78. The van der Waals surface area contributed by atoms with Crippen molar-refractivity contribution < 1.29 is 4.79 Å². The van der Waals surface area contributed by atoms with Crippen molar-refractivity contribution in [2.75, 3.05) is 6.54 Å². The topological polar surface area (TPSA) is 42.0 Å². The normalized spacial score (nSPS) is 10.9. The molecule has 1 amide bonds. The van der Waals surface area contributed by atoms with Crippen LogP contribution in [0.4, 0.5) is 0 Å². The van der Waals surface area contributed by atoms with Crippen molar-refractivity contribution in [1.29, 1.82) is 0 Å². The monoisotopic (exact) mass is 386 g/mol. The van der Waals surface area contributed by atoms with Crippen LogP contribution in [0.3, 0.4) is 0 Å². The molecule has 0 aliphatic carbocycles. The number of nitrogens with one attached hydrogen (secondary N) is 1. The largest absolute Gasteiger partial charge is 0.352 e. The van der Waals surface area contributed by atoms with Gasteiger partial charge in [-0.1, -0.05) is 54.1 Å². The molecule has 0 saturated heterocycles. The average molecular weight is 387 g/mol. The van der Waals surface area contributed by atoms with Gasteiger partial charge < -0.3 is 5.32 Å². The predicted molar refractivity (Wildman–Crippen MR) is 117 cm³/mol. The maximum atomic E-state index is 12.9. The lowest BCUT2D eigenvalue weighted by atomic mass is 9.98. The van der Waals surface area contributed by atoms with Crippen molar-refractivity contribution in [2.24, 2.45) is 0 Å². The summed E-state index contributed by atoms with van der Waals surface area (Å²) < 4.78 is 0. The van der Waals surface area contributed by atoms with E-state index >= 15 is 0 Å². The number of carbonyl (C=O) groups excluding carboxylic acids is 1. The second kappa shape index (κ2) is 7.95. The SMILES string of the molecule is Cc1ccc(-c2cccc3c(C(=O)NCCc4cccs4)cc(C)nc23)cc1. The Morgan fingerprint density at radius 1 is 1.04 bits per heavy atom. The molecule has 0 aliphatic rings. The molecule has 4 heteroatoms. The highest BCUT2D eigenvalue weighted by molar-refractivity contribution is 7.09. The molecule has 0 bridgehead atoms. The van der Waals surface area contributed by atoms with E-state index in [2.05, 4.69) is 54.0 Å². The van der Waals surface area contributed by atoms with Crippen LogP contribution < -0.4 is 5.32 Å². The third kappa shape index (κ3) is 3.82. The lowest BCUT2D eigenvalue weighted by molar-refractivity contribution is 0.0955. The highest BCUT2D eigenvalue weighted by atomic mass is 32.1. The second-order valence-corrected chi connectivity index (χ2v) is 8.00. The molecule has 0 unspecified atom stereocenters. The summed E-state index contributed by atoms with van der Waals surface area (Å²) in [5.74, 6) is -0.0480. The van der Waals surface area contributed by atoms with Gasteiger partial charge in [0.1, 0.15) is 0 Å². The number of hydrogen-bond acceptors (Lipinski definition) is 3. The first kappa shape index (κ1) is 18.4. The van der Waals surface area contributed by atoms with Gasteiger partial charge in [0.15, 0.2) is 0 Å². The van der Waals surface area contributed by atoms with Crippen molar-refractivity contribution >= 4 is 28.1 Å². The van der Waals surface area contributed by atoms with Gasteiger partial charge in [-0.25, -0.2) is 0 Å². The van der Waals surface area contributed by atoms with Crippen LogP contribution in [0.2, 0.25) is 0 Å². The summed E-state index contributed by atoms with van der Waals surface area (Å²) in [7, 11) is 0. The van der Waals surface area contributed by atoms with E-state index in [1.165, 1.54) is 10.4 Å². The van der Waals surface area contributed by atoms with Crippen molar-refractivity contribution in [2.45, 2.75) is 20.3 Å². The Bertz CT molecular complexity index is 1120. The third-order valence-corrected chi connectivity index (χ3v) is 5.75. The highest BCUT2D eigenvalue weighted by Gasteiger charge is 2.14. The number of carbonyl (C=O) groups is 1. The molecule has 4 rings (SSSR count). The molecule has 1 N–H and O–H groups in total. The van der Waals surface area contributed by atoms with E-state index in [0.717, 1.165) is 34.1 Å². The number of hydrogen-bond donors (Lipinski definition) is 1. The molecule has 3 nitrogen and oxygen atoms in total. The van der Waals surface area contributed by atoms with E-state index in [-0.39, 0.29) is 5.91 Å². The van der Waals surface area contributed by atoms with Gasteiger partial charge in [-0.2, -0.15) is 0 Å². The standard InChI is InChI=1S/C24H22N2OS/c1-16-8-10-18(11-9-16)20-6-3-7-21-22(15-17(2)26-23(20)21)24(27)25-13-12-19-5-4-14-28-19/h3-11,14-15H,12-13H2,1-2H3,(H,25,27). The summed E-state index contributed by atoms with van der Waals surface area (Å²) in [5, 5.41) is 6.01. The number of rotatable bonds is 5. The molecular formula is C24H22N2OS. The van der Waals surface area contributed by atoms with Gasteiger partial charge >= 0.3 is 0 Å². The molecule has 0 radical (unpaired) electrons. The van der Waals surface area contributed by atoms with E-state index in [4.69, 9.17) is 4.98 Å². The van der Waals surface area contributed by atoms with Crippen LogP contribution in [0, 0.1) is 13.8 Å². The van der Waals surface area contributed by atoms with Gasteiger partial charge in [0, 0.05) is 28.1 Å². The van der Waals surface area contributed by atoms with Gasteiger partial charge in [0.2, 0.25) is 0 Å². The lowest BCUT2D eigenvalue weighted by Crippen LogP contribution is -2.26. The first-order chi connectivity index (χ1) is 13.6. The second-order valence-electron chi connectivity index (χ2n) is 6.96. The Morgan fingerprint density at radius 2 is 1.86 bits per heavy atom. The summed E-state index contributed by atoms with van der Waals surface area (Å²) in [6.07, 6.45) is 0.847. The number of thiophene rings is 1. The zero-order valence-corrected chi connectivity index (χ0v) is 16.8. The Morgan fingerprint density at radius 3 is 2.61 bits per heavy atom. The smallest absolute Gasteiger partial charge is 0.252 e. The molecule has 0 atom stereocenters. The number of aromatic nitrogens is 1. The minimum absolute atomic E-state index is 0.0480. The minimum Gasteiger partial charge on any atom is -0.352 e. The van der Waals surface area contributed by atoms with Crippen molar-refractivity contribution in [3.63, 3.8) is 0 Å². The number of pyridine rings is 1. The number of para-hydroxylation sites is 1. The molecule has 0 saturated carbocycles. The van der Waals surface area contributed by atoms with E-state index in [1.807, 2.05) is 31.2 Å². The van der Waals surface area contributed by atoms with Crippen LogP contribution >= 0.6 is 11.3 Å². The van der Waals surface area contributed by atoms with Crippen molar-refractivity contribution in [3.05, 3.63) is 87.7 Å². The zero-order valence-electron chi connectivity index (χ0n) is 16.0. The molecule has 0 spiro atoms. The molecular weight excluding hydrogens is 364 g/mol. The molecule has 2 aromatic carbocycles. The van der Waals surface area contributed by atoms with Crippen LogP contribution in [-0.2, 0) is 6.42 Å². The van der Waals surface area contributed by atoms with Crippen molar-refractivity contribution in [3.8, 4) is 11.1 Å². The van der Waals surface area contributed by atoms with E-state index in [0.29, 0.717) is 12.1 Å². The van der Waals surface area contributed by atoms with E-state index < -0.39 is 0 Å².